The van der Waals surface area contributed by atoms with Gasteiger partial charge in [-0.1, -0.05) is 6.07 Å². The third kappa shape index (κ3) is 2.22. The minimum absolute atomic E-state index is 0.0650. The third-order valence-electron chi connectivity index (χ3n) is 3.87. The van der Waals surface area contributed by atoms with E-state index in [2.05, 4.69) is 5.32 Å². The second-order valence-electron chi connectivity index (χ2n) is 5.02. The van der Waals surface area contributed by atoms with E-state index in [1.807, 2.05) is 20.9 Å². The van der Waals surface area contributed by atoms with Gasteiger partial charge in [-0.25, -0.2) is 4.39 Å². The van der Waals surface area contributed by atoms with Gasteiger partial charge in [0.2, 0.25) is 0 Å². The average molecular weight is 253 g/mol. The monoisotopic (exact) mass is 253 g/mol. The molecule has 3 atom stereocenters. The first-order valence-electron chi connectivity index (χ1n) is 6.18. The van der Waals surface area contributed by atoms with Crippen molar-refractivity contribution in [2.45, 2.75) is 38.0 Å². The maximum absolute atomic E-state index is 13.3. The van der Waals surface area contributed by atoms with Crippen molar-refractivity contribution in [1.82, 2.24) is 5.32 Å². The number of benzene rings is 1. The van der Waals surface area contributed by atoms with Crippen LogP contribution in [0.3, 0.4) is 0 Å². The number of hydrogen-bond donors (Lipinski definition) is 1. The molecule has 0 fully saturated rings. The largest absolute Gasteiger partial charge is 0.484 e. The topological polar surface area (TPSA) is 30.5 Å². The number of methoxy groups -OCH3 is 1. The van der Waals surface area contributed by atoms with E-state index in [0.717, 1.165) is 12.0 Å². The molecule has 3 nitrogen and oxygen atoms in total. The summed E-state index contributed by atoms with van der Waals surface area (Å²) in [6, 6.07) is 4.84. The lowest BCUT2D eigenvalue weighted by Gasteiger charge is -2.42. The van der Waals surface area contributed by atoms with Crippen LogP contribution in [0.1, 0.15) is 31.9 Å². The van der Waals surface area contributed by atoms with Gasteiger partial charge in [0.25, 0.3) is 0 Å². The van der Waals surface area contributed by atoms with E-state index in [0.29, 0.717) is 5.75 Å². The summed E-state index contributed by atoms with van der Waals surface area (Å²) >= 11 is 0. The fourth-order valence-corrected chi connectivity index (χ4v) is 2.45. The normalized spacial score (nSPS) is 28.4. The van der Waals surface area contributed by atoms with Crippen LogP contribution in [0, 0.1) is 5.82 Å². The summed E-state index contributed by atoms with van der Waals surface area (Å²) in [5, 5.41) is 3.26. The Morgan fingerprint density at radius 1 is 1.56 bits per heavy atom. The van der Waals surface area contributed by atoms with Gasteiger partial charge in [-0.05, 0) is 27.0 Å². The van der Waals surface area contributed by atoms with Crippen LogP contribution in [0.15, 0.2) is 18.2 Å². The average Bonchev–Trinajstić information content (AvgIpc) is 2.36. The SMILES string of the molecule is CNC1CC(C)(C(C)OC)Oc2cc(F)ccc21. The Hall–Kier alpha value is -1.13. The molecule has 1 aromatic carbocycles. The second kappa shape index (κ2) is 4.86. The molecule has 100 valence electrons. The van der Waals surface area contributed by atoms with Crippen molar-refractivity contribution in [3.63, 3.8) is 0 Å². The summed E-state index contributed by atoms with van der Waals surface area (Å²) in [7, 11) is 3.57. The zero-order valence-corrected chi connectivity index (χ0v) is 11.3. The Morgan fingerprint density at radius 2 is 2.28 bits per heavy atom. The molecule has 0 aromatic heterocycles. The maximum atomic E-state index is 13.3. The molecular weight excluding hydrogens is 233 g/mol. The molecule has 0 aliphatic carbocycles. The lowest BCUT2D eigenvalue weighted by atomic mass is 9.85. The number of ether oxygens (including phenoxy) is 2. The van der Waals surface area contributed by atoms with E-state index in [1.54, 1.807) is 13.2 Å². The number of halogens is 1. The van der Waals surface area contributed by atoms with E-state index >= 15 is 0 Å². The van der Waals surface area contributed by atoms with Crippen molar-refractivity contribution < 1.29 is 13.9 Å². The Labute approximate surface area is 107 Å². The van der Waals surface area contributed by atoms with Crippen LogP contribution in [-0.4, -0.2) is 25.9 Å². The van der Waals surface area contributed by atoms with Crippen molar-refractivity contribution in [2.75, 3.05) is 14.2 Å². The molecule has 2 rings (SSSR count). The van der Waals surface area contributed by atoms with E-state index < -0.39 is 5.60 Å². The van der Waals surface area contributed by atoms with Crippen LogP contribution in [0.2, 0.25) is 0 Å². The summed E-state index contributed by atoms with van der Waals surface area (Å²) in [5.41, 5.74) is 0.545. The van der Waals surface area contributed by atoms with Gasteiger partial charge in [0.15, 0.2) is 0 Å². The van der Waals surface area contributed by atoms with Crippen molar-refractivity contribution in [2.24, 2.45) is 0 Å². The van der Waals surface area contributed by atoms with E-state index in [9.17, 15) is 4.39 Å². The van der Waals surface area contributed by atoms with E-state index in [-0.39, 0.29) is 18.0 Å². The summed E-state index contributed by atoms with van der Waals surface area (Å²) in [6.07, 6.45) is 0.724. The van der Waals surface area contributed by atoms with Crippen LogP contribution in [0.4, 0.5) is 4.39 Å². The Balaban J connectivity index is 2.40. The predicted octanol–water partition coefficient (Wildman–Crippen LogP) is 2.66. The summed E-state index contributed by atoms with van der Waals surface area (Å²) in [4.78, 5) is 0. The van der Waals surface area contributed by atoms with Crippen LogP contribution < -0.4 is 10.1 Å². The van der Waals surface area contributed by atoms with Crippen molar-refractivity contribution in [1.29, 1.82) is 0 Å². The summed E-state index contributed by atoms with van der Waals surface area (Å²) in [5.74, 6) is 0.324. The lowest BCUT2D eigenvalue weighted by Crippen LogP contribution is -2.49. The highest BCUT2D eigenvalue weighted by Crippen LogP contribution is 2.41. The molecule has 0 bridgehead atoms. The highest BCUT2D eigenvalue weighted by molar-refractivity contribution is 5.39. The fourth-order valence-electron chi connectivity index (χ4n) is 2.45. The second-order valence-corrected chi connectivity index (χ2v) is 5.02. The standard InChI is InChI=1S/C14H20FNO2/c1-9(17-4)14(2)8-12(16-3)11-6-5-10(15)7-13(11)18-14/h5-7,9,12,16H,8H2,1-4H3. The number of nitrogens with one attached hydrogen (secondary N) is 1. The van der Waals surface area contributed by atoms with Gasteiger partial charge in [-0.2, -0.15) is 0 Å². The third-order valence-corrected chi connectivity index (χ3v) is 3.87. The Bertz CT molecular complexity index is 438. The van der Waals surface area contributed by atoms with E-state index in [4.69, 9.17) is 9.47 Å². The Kier molecular flexibility index (Phi) is 3.59. The quantitative estimate of drug-likeness (QED) is 0.898. The molecular formula is C14H20FNO2. The highest BCUT2D eigenvalue weighted by Gasteiger charge is 2.41. The fraction of sp³-hybridized carbons (Fsp3) is 0.571. The van der Waals surface area contributed by atoms with Crippen LogP contribution in [0.5, 0.6) is 5.75 Å². The van der Waals surface area contributed by atoms with E-state index in [1.165, 1.54) is 12.1 Å². The molecule has 4 heteroatoms. The van der Waals surface area contributed by atoms with Gasteiger partial charge in [-0.15, -0.1) is 0 Å². The van der Waals surface area contributed by atoms with Gasteiger partial charge in [0, 0.05) is 31.2 Å². The zero-order valence-electron chi connectivity index (χ0n) is 11.3. The first-order chi connectivity index (χ1) is 8.50. The summed E-state index contributed by atoms with van der Waals surface area (Å²) in [6.45, 7) is 3.97. The molecule has 3 unspecified atom stereocenters. The smallest absolute Gasteiger partial charge is 0.134 e. The van der Waals surface area contributed by atoms with Gasteiger partial charge >= 0.3 is 0 Å². The van der Waals surface area contributed by atoms with Crippen molar-refractivity contribution >= 4 is 0 Å². The zero-order chi connectivity index (χ0) is 13.3. The van der Waals surface area contributed by atoms with Gasteiger partial charge in [0.1, 0.15) is 17.2 Å². The van der Waals surface area contributed by atoms with Crippen LogP contribution >= 0.6 is 0 Å². The molecule has 0 saturated carbocycles. The number of fused-ring (bicyclic) bond motifs is 1. The van der Waals surface area contributed by atoms with Gasteiger partial charge < -0.3 is 14.8 Å². The first-order valence-corrected chi connectivity index (χ1v) is 6.18. The molecule has 0 amide bonds. The van der Waals surface area contributed by atoms with Crippen molar-refractivity contribution in [3.05, 3.63) is 29.6 Å². The molecule has 0 saturated heterocycles. The molecule has 1 aliphatic heterocycles. The number of rotatable bonds is 3. The minimum atomic E-state index is -0.455. The maximum Gasteiger partial charge on any atom is 0.134 e. The highest BCUT2D eigenvalue weighted by atomic mass is 19.1. The predicted molar refractivity (Wildman–Crippen MR) is 68.3 cm³/mol. The lowest BCUT2D eigenvalue weighted by molar-refractivity contribution is -0.0728. The van der Waals surface area contributed by atoms with Gasteiger partial charge in [0.05, 0.1) is 6.10 Å². The van der Waals surface area contributed by atoms with Crippen LogP contribution in [0.25, 0.3) is 0 Å². The van der Waals surface area contributed by atoms with Gasteiger partial charge in [-0.3, -0.25) is 0 Å². The molecule has 1 heterocycles. The molecule has 1 aromatic rings. The number of hydrogen-bond acceptors (Lipinski definition) is 3. The molecule has 18 heavy (non-hydrogen) atoms. The minimum Gasteiger partial charge on any atom is -0.484 e. The molecule has 1 N–H and O–H groups in total. The van der Waals surface area contributed by atoms with Crippen LogP contribution in [-0.2, 0) is 4.74 Å². The first kappa shape index (κ1) is 13.3. The molecule has 0 radical (unpaired) electrons. The molecule has 0 spiro atoms. The van der Waals surface area contributed by atoms with Crippen molar-refractivity contribution in [3.8, 4) is 5.75 Å². The summed E-state index contributed by atoms with van der Waals surface area (Å²) < 4.78 is 24.7. The molecule has 1 aliphatic rings. The Morgan fingerprint density at radius 3 is 2.89 bits per heavy atom.